The normalized spacial score (nSPS) is 13.4. The molecule has 0 aliphatic heterocycles. The van der Waals surface area contributed by atoms with E-state index in [-0.39, 0.29) is 2.85 Å². The first-order chi connectivity index (χ1) is 5.35. The maximum atomic E-state index is 3.30. The molecule has 2 N–H and O–H groups in total. The lowest BCUT2D eigenvalue weighted by Gasteiger charge is -2.14. The number of hydrogen-bond donors (Lipinski definition) is 2. The Balaban J connectivity index is -0.000000500. The minimum atomic E-state index is 0. The molecule has 0 aromatic rings. The van der Waals surface area contributed by atoms with E-state index in [9.17, 15) is 0 Å². The molecule has 1 atom stereocenters. The Hall–Kier alpha value is -0.0800. The monoisotopic (exact) mass is 162 g/mol. The van der Waals surface area contributed by atoms with Crippen molar-refractivity contribution in [1.82, 2.24) is 10.6 Å². The molecule has 0 unspecified atom stereocenters. The summed E-state index contributed by atoms with van der Waals surface area (Å²) in [5, 5.41) is 6.48. The number of rotatable bonds is 7. The van der Waals surface area contributed by atoms with Crippen molar-refractivity contribution in [1.29, 1.82) is 0 Å². The van der Waals surface area contributed by atoms with E-state index in [4.69, 9.17) is 0 Å². The standard InChI is InChI=1S/C9H22N2.2H2/c1-4-5-6-7-9(11-3)8-10-2;;/h9-11H,4-8H2,1-3H3;2*1H/t9-;;/m0../s1. The summed E-state index contributed by atoms with van der Waals surface area (Å²) in [6, 6.07) is 0.659. The molecule has 0 amide bonds. The lowest BCUT2D eigenvalue weighted by Crippen LogP contribution is -2.34. The topological polar surface area (TPSA) is 24.1 Å². The van der Waals surface area contributed by atoms with Crippen molar-refractivity contribution in [2.75, 3.05) is 20.6 Å². The van der Waals surface area contributed by atoms with E-state index in [0.29, 0.717) is 6.04 Å². The van der Waals surface area contributed by atoms with Gasteiger partial charge >= 0.3 is 0 Å². The fourth-order valence-corrected chi connectivity index (χ4v) is 1.24. The minimum Gasteiger partial charge on any atom is -0.318 e. The number of unbranched alkanes of at least 4 members (excludes halogenated alkanes) is 2. The molecular weight excluding hydrogens is 136 g/mol. The molecule has 72 valence electrons. The van der Waals surface area contributed by atoms with E-state index in [1.165, 1.54) is 25.7 Å². The van der Waals surface area contributed by atoms with Crippen molar-refractivity contribution < 1.29 is 2.85 Å². The van der Waals surface area contributed by atoms with Gasteiger partial charge in [0.1, 0.15) is 0 Å². The van der Waals surface area contributed by atoms with E-state index in [1.54, 1.807) is 0 Å². The van der Waals surface area contributed by atoms with Gasteiger partial charge in [0.15, 0.2) is 0 Å². The Morgan fingerprint density at radius 2 is 2.00 bits per heavy atom. The van der Waals surface area contributed by atoms with E-state index in [0.717, 1.165) is 6.54 Å². The van der Waals surface area contributed by atoms with Crippen LogP contribution in [-0.4, -0.2) is 26.7 Å². The van der Waals surface area contributed by atoms with Crippen LogP contribution in [-0.2, 0) is 0 Å². The molecule has 0 aromatic carbocycles. The van der Waals surface area contributed by atoms with Crippen LogP contribution in [0.4, 0.5) is 0 Å². The van der Waals surface area contributed by atoms with E-state index < -0.39 is 0 Å². The van der Waals surface area contributed by atoms with Crippen LogP contribution < -0.4 is 10.6 Å². The molecule has 0 radical (unpaired) electrons. The molecule has 0 aromatic heterocycles. The van der Waals surface area contributed by atoms with Crippen LogP contribution in [0, 0.1) is 0 Å². The quantitative estimate of drug-likeness (QED) is 0.558. The summed E-state index contributed by atoms with van der Waals surface area (Å²) in [5.41, 5.74) is 0. The first-order valence-corrected chi connectivity index (χ1v) is 4.67. The average molecular weight is 162 g/mol. The van der Waals surface area contributed by atoms with Gasteiger partial charge in [-0.15, -0.1) is 0 Å². The fraction of sp³-hybridized carbons (Fsp3) is 1.00. The molecule has 0 aliphatic carbocycles. The summed E-state index contributed by atoms with van der Waals surface area (Å²) in [6.45, 7) is 3.33. The summed E-state index contributed by atoms with van der Waals surface area (Å²) in [7, 11) is 4.04. The van der Waals surface area contributed by atoms with Crippen molar-refractivity contribution in [2.45, 2.75) is 38.6 Å². The molecular formula is C9H26N2. The first-order valence-electron chi connectivity index (χ1n) is 4.67. The van der Waals surface area contributed by atoms with Gasteiger partial charge in [0.05, 0.1) is 0 Å². The zero-order valence-corrected chi connectivity index (χ0v) is 8.11. The Morgan fingerprint density at radius 3 is 2.45 bits per heavy atom. The minimum absolute atomic E-state index is 0. The molecule has 0 spiro atoms. The predicted octanol–water partition coefficient (Wildman–Crippen LogP) is 1.87. The van der Waals surface area contributed by atoms with Gasteiger partial charge in [-0.3, -0.25) is 0 Å². The fourth-order valence-electron chi connectivity index (χ4n) is 1.24. The summed E-state index contributed by atoms with van der Waals surface area (Å²) in [4.78, 5) is 0. The highest BCUT2D eigenvalue weighted by Gasteiger charge is 2.02. The largest absolute Gasteiger partial charge is 0.318 e. The summed E-state index contributed by atoms with van der Waals surface area (Å²) in [5.74, 6) is 0. The third-order valence-corrected chi connectivity index (χ3v) is 2.01. The molecule has 0 fully saturated rings. The van der Waals surface area contributed by atoms with Crippen LogP contribution in [0.15, 0.2) is 0 Å². The van der Waals surface area contributed by atoms with Gasteiger partial charge in [-0.1, -0.05) is 26.2 Å². The van der Waals surface area contributed by atoms with Crippen molar-refractivity contribution in [3.63, 3.8) is 0 Å². The van der Waals surface area contributed by atoms with Gasteiger partial charge in [0, 0.05) is 15.4 Å². The highest BCUT2D eigenvalue weighted by molar-refractivity contribution is 4.65. The van der Waals surface area contributed by atoms with Gasteiger partial charge < -0.3 is 10.6 Å². The van der Waals surface area contributed by atoms with Crippen molar-refractivity contribution in [3.05, 3.63) is 0 Å². The second-order valence-electron chi connectivity index (χ2n) is 3.04. The molecule has 0 saturated carbocycles. The SMILES string of the molecule is CCCCC[C@@H](CNC)NC.[HH].[HH]. The second kappa shape index (κ2) is 8.02. The summed E-state index contributed by atoms with van der Waals surface area (Å²) < 4.78 is 0. The van der Waals surface area contributed by atoms with Gasteiger partial charge in [-0.2, -0.15) is 0 Å². The number of hydrogen-bond acceptors (Lipinski definition) is 2. The smallest absolute Gasteiger partial charge is 0.0189 e. The highest BCUT2D eigenvalue weighted by Crippen LogP contribution is 2.01. The van der Waals surface area contributed by atoms with Crippen LogP contribution in [0.1, 0.15) is 35.5 Å². The molecule has 0 rings (SSSR count). The summed E-state index contributed by atoms with van der Waals surface area (Å²) in [6.07, 6.45) is 5.33. The average Bonchev–Trinajstić information content (AvgIpc) is 2.03. The summed E-state index contributed by atoms with van der Waals surface area (Å²) >= 11 is 0. The number of nitrogens with one attached hydrogen (secondary N) is 2. The molecule has 2 nitrogen and oxygen atoms in total. The second-order valence-corrected chi connectivity index (χ2v) is 3.04. The molecule has 11 heavy (non-hydrogen) atoms. The van der Waals surface area contributed by atoms with Gasteiger partial charge in [0.2, 0.25) is 0 Å². The third-order valence-electron chi connectivity index (χ3n) is 2.01. The lowest BCUT2D eigenvalue weighted by atomic mass is 10.1. The van der Waals surface area contributed by atoms with Crippen molar-refractivity contribution in [2.24, 2.45) is 0 Å². The Labute approximate surface area is 73.7 Å². The van der Waals surface area contributed by atoms with Gasteiger partial charge in [-0.25, -0.2) is 0 Å². The molecule has 2 heteroatoms. The Kier molecular flexibility index (Phi) is 7.96. The van der Waals surface area contributed by atoms with E-state index in [1.807, 2.05) is 14.1 Å². The molecule has 0 aliphatic rings. The lowest BCUT2D eigenvalue weighted by molar-refractivity contribution is 0.474. The molecule has 0 saturated heterocycles. The van der Waals surface area contributed by atoms with Crippen LogP contribution in [0.3, 0.4) is 0 Å². The van der Waals surface area contributed by atoms with Crippen LogP contribution in [0.2, 0.25) is 0 Å². The maximum absolute atomic E-state index is 3.30. The predicted molar refractivity (Wildman–Crippen MR) is 55.1 cm³/mol. The van der Waals surface area contributed by atoms with Crippen LogP contribution in [0.5, 0.6) is 0 Å². The zero-order chi connectivity index (χ0) is 8.53. The maximum Gasteiger partial charge on any atom is 0.0189 e. The first kappa shape index (κ1) is 10.9. The zero-order valence-electron chi connectivity index (χ0n) is 8.11. The Bertz CT molecular complexity index is 82.0. The molecule has 0 bridgehead atoms. The van der Waals surface area contributed by atoms with Crippen molar-refractivity contribution >= 4 is 0 Å². The van der Waals surface area contributed by atoms with E-state index >= 15 is 0 Å². The Morgan fingerprint density at radius 1 is 1.27 bits per heavy atom. The van der Waals surface area contributed by atoms with Gasteiger partial charge in [0.25, 0.3) is 0 Å². The van der Waals surface area contributed by atoms with Crippen LogP contribution in [0.25, 0.3) is 0 Å². The van der Waals surface area contributed by atoms with E-state index in [2.05, 4.69) is 17.6 Å². The van der Waals surface area contributed by atoms with Gasteiger partial charge in [-0.05, 0) is 20.5 Å². The highest BCUT2D eigenvalue weighted by atomic mass is 14.9. The van der Waals surface area contributed by atoms with Crippen LogP contribution >= 0.6 is 0 Å². The number of likely N-dealkylation sites (N-methyl/N-ethyl adjacent to an activating group) is 2. The third kappa shape index (κ3) is 6.32. The van der Waals surface area contributed by atoms with Crippen molar-refractivity contribution in [3.8, 4) is 0 Å². The molecule has 0 heterocycles.